The highest BCUT2D eigenvalue weighted by Crippen LogP contribution is 2.30. The molecule has 1 heterocycles. The van der Waals surface area contributed by atoms with Crippen molar-refractivity contribution < 1.29 is 18.3 Å². The van der Waals surface area contributed by atoms with Gasteiger partial charge in [-0.15, -0.1) is 0 Å². The zero-order valence-corrected chi connectivity index (χ0v) is 11.2. The molecule has 0 aliphatic heterocycles. The van der Waals surface area contributed by atoms with Gasteiger partial charge in [0.05, 0.1) is 5.60 Å². The lowest BCUT2D eigenvalue weighted by Gasteiger charge is -2.28. The molecule has 6 heteroatoms. The number of nitrogens with zero attached hydrogens (tertiary/aromatic N) is 1. The van der Waals surface area contributed by atoms with Crippen LogP contribution in [0, 0.1) is 0 Å². The van der Waals surface area contributed by atoms with Crippen LogP contribution in [0.15, 0.2) is 24.5 Å². The Balaban J connectivity index is 1.97. The van der Waals surface area contributed by atoms with Crippen molar-refractivity contribution in [2.75, 3.05) is 6.54 Å². The predicted molar refractivity (Wildman–Crippen MR) is 69.2 cm³/mol. The van der Waals surface area contributed by atoms with E-state index in [-0.39, 0.29) is 13.0 Å². The maximum atomic E-state index is 13.0. The molecule has 0 saturated heterocycles. The summed E-state index contributed by atoms with van der Waals surface area (Å²) in [6.45, 7) is -0.0116. The first-order valence-corrected chi connectivity index (χ1v) is 6.80. The molecular weight excluding hydrogens is 269 g/mol. The van der Waals surface area contributed by atoms with Crippen LogP contribution in [-0.4, -0.2) is 34.5 Å². The lowest BCUT2D eigenvalue weighted by molar-refractivity contribution is -0.157. The summed E-state index contributed by atoms with van der Waals surface area (Å²) in [6.07, 6.45) is 1.36. The van der Waals surface area contributed by atoms with Gasteiger partial charge in [-0.05, 0) is 37.0 Å². The molecule has 2 rings (SSSR count). The van der Waals surface area contributed by atoms with Gasteiger partial charge in [0.1, 0.15) is 6.04 Å². The quantitative estimate of drug-likeness (QED) is 0.875. The van der Waals surface area contributed by atoms with Crippen molar-refractivity contribution in [1.29, 1.82) is 0 Å². The topological polar surface area (TPSA) is 45.1 Å². The van der Waals surface area contributed by atoms with Gasteiger partial charge in [0.15, 0.2) is 0 Å². The van der Waals surface area contributed by atoms with Crippen LogP contribution >= 0.6 is 0 Å². The molecular formula is C14H19F3N2O. The molecule has 0 spiro atoms. The van der Waals surface area contributed by atoms with E-state index < -0.39 is 17.8 Å². The summed E-state index contributed by atoms with van der Waals surface area (Å²) in [5, 5.41) is 12.6. The Labute approximate surface area is 116 Å². The van der Waals surface area contributed by atoms with Crippen LogP contribution < -0.4 is 5.32 Å². The van der Waals surface area contributed by atoms with Crippen molar-refractivity contribution in [3.63, 3.8) is 0 Å². The molecule has 0 aromatic carbocycles. The molecule has 0 bridgehead atoms. The maximum Gasteiger partial charge on any atom is 0.404 e. The minimum Gasteiger partial charge on any atom is -0.389 e. The number of aromatic nitrogens is 1. The van der Waals surface area contributed by atoms with E-state index in [4.69, 9.17) is 0 Å². The third-order valence-corrected chi connectivity index (χ3v) is 3.80. The van der Waals surface area contributed by atoms with E-state index in [0.717, 1.165) is 12.8 Å². The largest absolute Gasteiger partial charge is 0.404 e. The minimum absolute atomic E-state index is 0.0116. The van der Waals surface area contributed by atoms with E-state index in [2.05, 4.69) is 10.3 Å². The molecule has 2 N–H and O–H groups in total. The van der Waals surface area contributed by atoms with Crippen molar-refractivity contribution >= 4 is 0 Å². The van der Waals surface area contributed by atoms with Gasteiger partial charge in [0.2, 0.25) is 0 Å². The van der Waals surface area contributed by atoms with Gasteiger partial charge >= 0.3 is 6.18 Å². The average molecular weight is 288 g/mol. The molecule has 0 radical (unpaired) electrons. The Hall–Kier alpha value is -1.14. The standard InChI is InChI=1S/C14H19F3N2O/c15-14(16,17)12(9-11-3-7-18-8-4-11)19-10-13(20)5-1-2-6-13/h3-4,7-8,12,19-20H,1-2,5-6,9-10H2. The maximum absolute atomic E-state index is 13.0. The molecule has 1 saturated carbocycles. The summed E-state index contributed by atoms with van der Waals surface area (Å²) >= 11 is 0. The average Bonchev–Trinajstić information content (AvgIpc) is 2.82. The predicted octanol–water partition coefficient (Wildman–Crippen LogP) is 2.45. The van der Waals surface area contributed by atoms with Crippen molar-refractivity contribution in [3.8, 4) is 0 Å². The fourth-order valence-corrected chi connectivity index (χ4v) is 2.58. The van der Waals surface area contributed by atoms with E-state index >= 15 is 0 Å². The van der Waals surface area contributed by atoms with Gasteiger partial charge in [-0.1, -0.05) is 12.8 Å². The summed E-state index contributed by atoms with van der Waals surface area (Å²) in [5.74, 6) is 0. The first-order chi connectivity index (χ1) is 9.39. The lowest BCUT2D eigenvalue weighted by atomic mass is 10.0. The van der Waals surface area contributed by atoms with Gasteiger partial charge in [-0.25, -0.2) is 0 Å². The zero-order valence-electron chi connectivity index (χ0n) is 11.2. The number of rotatable bonds is 5. The summed E-state index contributed by atoms with van der Waals surface area (Å²) < 4.78 is 39.1. The second-order valence-corrected chi connectivity index (χ2v) is 5.47. The SMILES string of the molecule is OC1(CNC(Cc2ccncc2)C(F)(F)F)CCCC1. The fraction of sp³-hybridized carbons (Fsp3) is 0.643. The molecule has 0 amide bonds. The molecule has 1 aliphatic carbocycles. The molecule has 1 aromatic heterocycles. The number of alkyl halides is 3. The van der Waals surface area contributed by atoms with Crippen molar-refractivity contribution in [3.05, 3.63) is 30.1 Å². The first-order valence-electron chi connectivity index (χ1n) is 6.80. The Bertz CT molecular complexity index is 416. The van der Waals surface area contributed by atoms with Gasteiger partial charge in [-0.3, -0.25) is 4.98 Å². The van der Waals surface area contributed by atoms with Crippen molar-refractivity contribution in [2.45, 2.75) is 49.9 Å². The normalized spacial score (nSPS) is 20.0. The second-order valence-electron chi connectivity index (χ2n) is 5.47. The van der Waals surface area contributed by atoms with Crippen LogP contribution in [0.4, 0.5) is 13.2 Å². The van der Waals surface area contributed by atoms with E-state index in [1.165, 1.54) is 12.4 Å². The minimum atomic E-state index is -4.34. The van der Waals surface area contributed by atoms with Gasteiger partial charge in [0, 0.05) is 18.9 Å². The number of halogens is 3. The molecule has 112 valence electrons. The monoisotopic (exact) mass is 288 g/mol. The van der Waals surface area contributed by atoms with Crippen LogP contribution in [0.25, 0.3) is 0 Å². The van der Waals surface area contributed by atoms with E-state index in [1.807, 2.05) is 0 Å². The summed E-state index contributed by atoms with van der Waals surface area (Å²) in [6, 6.07) is 1.50. The van der Waals surface area contributed by atoms with Crippen LogP contribution in [0.3, 0.4) is 0 Å². The number of hydrogen-bond acceptors (Lipinski definition) is 3. The van der Waals surface area contributed by atoms with Crippen molar-refractivity contribution in [1.82, 2.24) is 10.3 Å². The highest BCUT2D eigenvalue weighted by molar-refractivity contribution is 5.12. The number of pyridine rings is 1. The highest BCUT2D eigenvalue weighted by Gasteiger charge is 2.41. The lowest BCUT2D eigenvalue weighted by Crippen LogP contribution is -2.50. The molecule has 3 nitrogen and oxygen atoms in total. The summed E-state index contributed by atoms with van der Waals surface area (Å²) in [4.78, 5) is 3.79. The van der Waals surface area contributed by atoms with Crippen LogP contribution in [0.1, 0.15) is 31.2 Å². The molecule has 20 heavy (non-hydrogen) atoms. The summed E-state index contributed by atoms with van der Waals surface area (Å²) in [7, 11) is 0. The molecule has 1 unspecified atom stereocenters. The smallest absolute Gasteiger partial charge is 0.389 e. The highest BCUT2D eigenvalue weighted by atomic mass is 19.4. The van der Waals surface area contributed by atoms with Gasteiger partial charge in [-0.2, -0.15) is 13.2 Å². The Morgan fingerprint density at radius 1 is 1.25 bits per heavy atom. The Kier molecular flexibility index (Phi) is 4.65. The zero-order chi connectivity index (χ0) is 14.6. The van der Waals surface area contributed by atoms with Gasteiger partial charge < -0.3 is 10.4 Å². The molecule has 1 aromatic rings. The molecule has 1 aliphatic rings. The summed E-state index contributed by atoms with van der Waals surface area (Å²) in [5.41, 5.74) is -0.407. The molecule has 1 atom stereocenters. The third kappa shape index (κ3) is 4.18. The number of aliphatic hydroxyl groups is 1. The van der Waals surface area contributed by atoms with Crippen LogP contribution in [0.2, 0.25) is 0 Å². The van der Waals surface area contributed by atoms with E-state index in [0.29, 0.717) is 18.4 Å². The van der Waals surface area contributed by atoms with Gasteiger partial charge in [0.25, 0.3) is 0 Å². The van der Waals surface area contributed by atoms with E-state index in [9.17, 15) is 18.3 Å². The first kappa shape index (κ1) is 15.3. The third-order valence-electron chi connectivity index (χ3n) is 3.80. The fourth-order valence-electron chi connectivity index (χ4n) is 2.58. The van der Waals surface area contributed by atoms with Crippen molar-refractivity contribution in [2.24, 2.45) is 0 Å². The Morgan fingerprint density at radius 2 is 1.85 bits per heavy atom. The van der Waals surface area contributed by atoms with E-state index in [1.54, 1.807) is 12.1 Å². The number of hydrogen-bond donors (Lipinski definition) is 2. The second kappa shape index (κ2) is 6.10. The van der Waals surface area contributed by atoms with Crippen LogP contribution in [0.5, 0.6) is 0 Å². The molecule has 1 fully saturated rings. The van der Waals surface area contributed by atoms with Crippen LogP contribution in [-0.2, 0) is 6.42 Å². The Morgan fingerprint density at radius 3 is 2.40 bits per heavy atom. The number of nitrogens with one attached hydrogen (secondary N) is 1.